The van der Waals surface area contributed by atoms with Crippen LogP contribution in [0.4, 0.5) is 18.9 Å². The summed E-state index contributed by atoms with van der Waals surface area (Å²) >= 11 is 0. The van der Waals surface area contributed by atoms with Gasteiger partial charge in [0.2, 0.25) is 0 Å². The van der Waals surface area contributed by atoms with E-state index in [1.807, 2.05) is 43.3 Å². The molecule has 32 heavy (non-hydrogen) atoms. The number of fused-ring (bicyclic) bond motifs is 1. The Hall–Kier alpha value is -3.75. The second-order valence-corrected chi connectivity index (χ2v) is 7.79. The fourth-order valence-electron chi connectivity index (χ4n) is 3.74. The SMILES string of the molecule is CN(C)c1ccc(-c2cc3c(c(=O)n(C)c(=O)n3C)n2-c2ccc(C(F)(F)F)cc2)cc1. The molecule has 4 aromatic rings. The molecule has 0 spiro atoms. The number of anilines is 1. The van der Waals surface area contributed by atoms with Crippen LogP contribution in [0.25, 0.3) is 28.0 Å². The molecule has 0 fully saturated rings. The largest absolute Gasteiger partial charge is 0.416 e. The Morgan fingerprint density at radius 3 is 1.97 bits per heavy atom. The zero-order valence-electron chi connectivity index (χ0n) is 17.9. The third kappa shape index (κ3) is 3.39. The van der Waals surface area contributed by atoms with E-state index in [0.717, 1.165) is 28.0 Å². The number of aromatic nitrogens is 3. The van der Waals surface area contributed by atoms with E-state index in [9.17, 15) is 22.8 Å². The first-order chi connectivity index (χ1) is 15.0. The van der Waals surface area contributed by atoms with E-state index >= 15 is 0 Å². The molecule has 0 N–H and O–H groups in total. The lowest BCUT2D eigenvalue weighted by Crippen LogP contribution is -2.37. The summed E-state index contributed by atoms with van der Waals surface area (Å²) in [5, 5.41) is 0. The van der Waals surface area contributed by atoms with Crippen molar-refractivity contribution in [2.75, 3.05) is 19.0 Å². The summed E-state index contributed by atoms with van der Waals surface area (Å²) in [6.07, 6.45) is -4.47. The molecule has 166 valence electrons. The highest BCUT2D eigenvalue weighted by Gasteiger charge is 2.30. The van der Waals surface area contributed by atoms with Crippen molar-refractivity contribution in [2.45, 2.75) is 6.18 Å². The molecule has 6 nitrogen and oxygen atoms in total. The van der Waals surface area contributed by atoms with Crippen molar-refractivity contribution in [3.8, 4) is 16.9 Å². The van der Waals surface area contributed by atoms with Gasteiger partial charge in [0.15, 0.2) is 0 Å². The Morgan fingerprint density at radius 1 is 0.844 bits per heavy atom. The van der Waals surface area contributed by atoms with Crippen molar-refractivity contribution in [1.82, 2.24) is 13.7 Å². The van der Waals surface area contributed by atoms with Crippen LogP contribution in [0.2, 0.25) is 0 Å². The molecule has 9 heteroatoms. The molecule has 0 aliphatic heterocycles. The van der Waals surface area contributed by atoms with E-state index in [4.69, 9.17) is 0 Å². The Labute approximate surface area is 181 Å². The molecule has 0 amide bonds. The van der Waals surface area contributed by atoms with Gasteiger partial charge < -0.3 is 9.47 Å². The minimum absolute atomic E-state index is 0.209. The normalized spacial score (nSPS) is 11.8. The van der Waals surface area contributed by atoms with Crippen LogP contribution in [0.3, 0.4) is 0 Å². The topological polar surface area (TPSA) is 52.2 Å². The van der Waals surface area contributed by atoms with Crippen molar-refractivity contribution in [2.24, 2.45) is 14.1 Å². The van der Waals surface area contributed by atoms with Gasteiger partial charge >= 0.3 is 11.9 Å². The van der Waals surface area contributed by atoms with Gasteiger partial charge in [-0.05, 0) is 48.0 Å². The molecule has 4 rings (SSSR count). The molecule has 0 aliphatic rings. The number of alkyl halides is 3. The van der Waals surface area contributed by atoms with Crippen LogP contribution in [0, 0.1) is 0 Å². The number of hydrogen-bond acceptors (Lipinski definition) is 3. The maximum Gasteiger partial charge on any atom is 0.416 e. The Bertz CT molecular complexity index is 1420. The molecule has 2 aromatic heterocycles. The molecular weight excluding hydrogens is 421 g/mol. The summed E-state index contributed by atoms with van der Waals surface area (Å²) < 4.78 is 43.2. The summed E-state index contributed by atoms with van der Waals surface area (Å²) in [5.41, 5.74) is 1.50. The second-order valence-electron chi connectivity index (χ2n) is 7.79. The number of rotatable bonds is 3. The number of aryl methyl sites for hydroxylation is 1. The van der Waals surface area contributed by atoms with Crippen molar-refractivity contribution >= 4 is 16.7 Å². The van der Waals surface area contributed by atoms with Crippen LogP contribution in [-0.2, 0) is 20.3 Å². The highest BCUT2D eigenvalue weighted by Crippen LogP contribution is 2.33. The minimum atomic E-state index is -4.47. The first-order valence-corrected chi connectivity index (χ1v) is 9.77. The lowest BCUT2D eigenvalue weighted by molar-refractivity contribution is -0.137. The van der Waals surface area contributed by atoms with E-state index in [-0.39, 0.29) is 5.52 Å². The Kier molecular flexibility index (Phi) is 4.99. The fraction of sp³-hybridized carbons (Fsp3) is 0.217. The van der Waals surface area contributed by atoms with Crippen LogP contribution in [0.5, 0.6) is 0 Å². The molecule has 0 saturated carbocycles. The summed E-state index contributed by atoms with van der Waals surface area (Å²) in [5.74, 6) is 0. The van der Waals surface area contributed by atoms with Crippen molar-refractivity contribution in [1.29, 1.82) is 0 Å². The first-order valence-electron chi connectivity index (χ1n) is 9.77. The van der Waals surface area contributed by atoms with E-state index in [0.29, 0.717) is 16.9 Å². The first kappa shape index (κ1) is 21.5. The van der Waals surface area contributed by atoms with Gasteiger partial charge in [-0.3, -0.25) is 13.9 Å². The smallest absolute Gasteiger partial charge is 0.378 e. The van der Waals surface area contributed by atoms with Crippen LogP contribution >= 0.6 is 0 Å². The highest BCUT2D eigenvalue weighted by atomic mass is 19.4. The molecule has 0 saturated heterocycles. The molecule has 0 bridgehead atoms. The second kappa shape index (κ2) is 7.44. The maximum absolute atomic E-state index is 13.1. The van der Waals surface area contributed by atoms with E-state index in [2.05, 4.69) is 0 Å². The average Bonchev–Trinajstić information content (AvgIpc) is 3.16. The van der Waals surface area contributed by atoms with Gasteiger partial charge in [-0.15, -0.1) is 0 Å². The maximum atomic E-state index is 13.1. The summed E-state index contributed by atoms with van der Waals surface area (Å²) in [6.45, 7) is 0. The monoisotopic (exact) mass is 442 g/mol. The van der Waals surface area contributed by atoms with Crippen LogP contribution in [-0.4, -0.2) is 27.8 Å². The molecule has 2 heterocycles. The third-order valence-corrected chi connectivity index (χ3v) is 5.56. The van der Waals surface area contributed by atoms with Gasteiger partial charge in [-0.2, -0.15) is 13.2 Å². The van der Waals surface area contributed by atoms with Gasteiger partial charge in [0.25, 0.3) is 5.56 Å². The lowest BCUT2D eigenvalue weighted by atomic mass is 10.1. The molecule has 0 radical (unpaired) electrons. The van der Waals surface area contributed by atoms with Crippen LogP contribution < -0.4 is 16.1 Å². The standard InChI is InChI=1S/C23H21F3N4O2/c1-27(2)16-9-5-14(6-10-16)18-13-19-20(21(31)29(4)22(32)28(19)3)30(18)17-11-7-15(8-12-17)23(24,25)26/h5-13H,1-4H3. The quantitative estimate of drug-likeness (QED) is 0.485. The molecule has 0 unspecified atom stereocenters. The summed E-state index contributed by atoms with van der Waals surface area (Å²) in [6, 6.07) is 13.9. The molecule has 0 atom stereocenters. The molecular formula is C23H21F3N4O2. The van der Waals surface area contributed by atoms with Gasteiger partial charge in [0.05, 0.1) is 16.8 Å². The average molecular weight is 442 g/mol. The van der Waals surface area contributed by atoms with E-state index in [1.54, 1.807) is 17.7 Å². The Balaban J connectivity index is 2.06. The molecule has 2 aromatic carbocycles. The van der Waals surface area contributed by atoms with Crippen LogP contribution in [0.1, 0.15) is 5.56 Å². The number of halogens is 3. The Morgan fingerprint density at radius 2 is 1.44 bits per heavy atom. The van der Waals surface area contributed by atoms with Crippen molar-refractivity contribution in [3.63, 3.8) is 0 Å². The van der Waals surface area contributed by atoms with Gasteiger partial charge in [0, 0.05) is 39.6 Å². The van der Waals surface area contributed by atoms with E-state index < -0.39 is 23.0 Å². The van der Waals surface area contributed by atoms with Gasteiger partial charge in [-0.25, -0.2) is 4.79 Å². The lowest BCUT2D eigenvalue weighted by Gasteiger charge is -2.15. The summed E-state index contributed by atoms with van der Waals surface area (Å²) in [7, 11) is 6.75. The summed E-state index contributed by atoms with van der Waals surface area (Å²) in [4.78, 5) is 27.4. The zero-order valence-corrected chi connectivity index (χ0v) is 17.9. The number of benzene rings is 2. The van der Waals surface area contributed by atoms with Gasteiger partial charge in [-0.1, -0.05) is 12.1 Å². The highest BCUT2D eigenvalue weighted by molar-refractivity contribution is 5.86. The minimum Gasteiger partial charge on any atom is -0.378 e. The number of hydrogen-bond donors (Lipinski definition) is 0. The van der Waals surface area contributed by atoms with Gasteiger partial charge in [0.1, 0.15) is 5.52 Å². The predicted molar refractivity (Wildman–Crippen MR) is 119 cm³/mol. The van der Waals surface area contributed by atoms with Crippen molar-refractivity contribution < 1.29 is 13.2 Å². The fourth-order valence-corrected chi connectivity index (χ4v) is 3.74. The zero-order chi connectivity index (χ0) is 23.4. The number of nitrogens with zero attached hydrogens (tertiary/aromatic N) is 4. The van der Waals surface area contributed by atoms with E-state index in [1.165, 1.54) is 23.7 Å². The molecule has 0 aliphatic carbocycles. The predicted octanol–water partition coefficient (Wildman–Crippen LogP) is 3.78. The van der Waals surface area contributed by atoms with Crippen LogP contribution in [0.15, 0.2) is 64.2 Å². The third-order valence-electron chi connectivity index (χ3n) is 5.56. The van der Waals surface area contributed by atoms with Crippen molar-refractivity contribution in [3.05, 3.63) is 81.0 Å².